The summed E-state index contributed by atoms with van der Waals surface area (Å²) in [5, 5.41) is 11.9. The number of esters is 1. The number of aromatic amines is 1. The first kappa shape index (κ1) is 17.9. The molecular weight excluding hydrogens is 362 g/mol. The predicted octanol–water partition coefficient (Wildman–Crippen LogP) is 2.24. The molecule has 8 nitrogen and oxygen atoms in total. The van der Waals surface area contributed by atoms with Crippen LogP contribution in [-0.2, 0) is 17.7 Å². The van der Waals surface area contributed by atoms with Gasteiger partial charge in [-0.15, -0.1) is 0 Å². The van der Waals surface area contributed by atoms with Crippen LogP contribution in [0.5, 0.6) is 11.5 Å². The normalized spacial score (nSPS) is 12.0. The minimum atomic E-state index is -0.632. The minimum Gasteiger partial charge on any atom is -0.461 e. The van der Waals surface area contributed by atoms with Crippen molar-refractivity contribution >= 4 is 17.6 Å². The van der Waals surface area contributed by atoms with E-state index in [1.165, 1.54) is 4.68 Å². The zero-order valence-electron chi connectivity index (χ0n) is 14.0. The van der Waals surface area contributed by atoms with E-state index >= 15 is 0 Å². The molecule has 9 heteroatoms. The molecule has 1 aromatic carbocycles. The van der Waals surface area contributed by atoms with Crippen LogP contribution >= 0.6 is 11.6 Å². The third kappa shape index (κ3) is 3.39. The van der Waals surface area contributed by atoms with Gasteiger partial charge in [0, 0.05) is 17.5 Å². The number of rotatable bonds is 6. The Morgan fingerprint density at radius 2 is 2.15 bits per heavy atom. The molecule has 2 aromatic rings. The highest BCUT2D eigenvalue weighted by molar-refractivity contribution is 6.31. The van der Waals surface area contributed by atoms with E-state index in [-0.39, 0.29) is 44.0 Å². The number of hydrogen-bond donors (Lipinski definition) is 1. The standard InChI is InChI=1S/C17H16ClN3O5/c1-2-24-17(23)15-11(16(22)21(20-15)5-3-4-19)6-10-7-13-14(8-12(10)18)26-9-25-13/h7-8,20H,2-3,5-6,9H2,1H3. The Labute approximate surface area is 153 Å². The van der Waals surface area contributed by atoms with Gasteiger partial charge in [-0.1, -0.05) is 11.6 Å². The second-order valence-electron chi connectivity index (χ2n) is 5.52. The van der Waals surface area contributed by atoms with Gasteiger partial charge in [0.25, 0.3) is 5.56 Å². The number of fused-ring (bicyclic) bond motifs is 1. The number of carbonyl (C=O) groups is 1. The molecule has 1 aliphatic heterocycles. The number of carbonyl (C=O) groups excluding carboxylic acids is 1. The minimum absolute atomic E-state index is 0.0588. The van der Waals surface area contributed by atoms with Gasteiger partial charge in [-0.25, -0.2) is 4.79 Å². The Balaban J connectivity index is 2.00. The monoisotopic (exact) mass is 377 g/mol. The van der Waals surface area contributed by atoms with Crippen molar-refractivity contribution < 1.29 is 19.0 Å². The summed E-state index contributed by atoms with van der Waals surface area (Å²) < 4.78 is 16.9. The lowest BCUT2D eigenvalue weighted by Crippen LogP contribution is -2.19. The summed E-state index contributed by atoms with van der Waals surface area (Å²) in [6, 6.07) is 5.27. The number of nitrogens with one attached hydrogen (secondary N) is 1. The van der Waals surface area contributed by atoms with E-state index in [9.17, 15) is 9.59 Å². The number of benzene rings is 1. The molecule has 3 rings (SSSR count). The van der Waals surface area contributed by atoms with Crippen molar-refractivity contribution in [2.75, 3.05) is 13.4 Å². The number of nitrogens with zero attached hydrogens (tertiary/aromatic N) is 2. The van der Waals surface area contributed by atoms with Gasteiger partial charge in [-0.3, -0.25) is 14.6 Å². The van der Waals surface area contributed by atoms with Gasteiger partial charge in [-0.2, -0.15) is 5.26 Å². The molecule has 1 aromatic heterocycles. The maximum atomic E-state index is 12.7. The zero-order chi connectivity index (χ0) is 18.7. The van der Waals surface area contributed by atoms with E-state index in [2.05, 4.69) is 5.10 Å². The molecule has 26 heavy (non-hydrogen) atoms. The Morgan fingerprint density at radius 1 is 1.42 bits per heavy atom. The van der Waals surface area contributed by atoms with E-state index in [1.54, 1.807) is 19.1 Å². The molecule has 0 atom stereocenters. The Kier molecular flexibility index (Phi) is 5.19. The second-order valence-corrected chi connectivity index (χ2v) is 5.93. The van der Waals surface area contributed by atoms with Crippen LogP contribution in [0, 0.1) is 11.3 Å². The van der Waals surface area contributed by atoms with E-state index in [1.807, 2.05) is 6.07 Å². The molecule has 1 N–H and O–H groups in total. The van der Waals surface area contributed by atoms with E-state index in [0.29, 0.717) is 22.1 Å². The highest BCUT2D eigenvalue weighted by Crippen LogP contribution is 2.37. The number of halogens is 1. The molecule has 0 unspecified atom stereocenters. The maximum absolute atomic E-state index is 12.7. The molecule has 0 saturated carbocycles. The summed E-state index contributed by atoms with van der Waals surface area (Å²) in [7, 11) is 0. The fourth-order valence-corrected chi connectivity index (χ4v) is 2.88. The first-order valence-electron chi connectivity index (χ1n) is 7.99. The van der Waals surface area contributed by atoms with Crippen LogP contribution in [0.1, 0.15) is 35.0 Å². The number of H-pyrrole nitrogens is 1. The summed E-state index contributed by atoms with van der Waals surface area (Å²) in [5.41, 5.74) is 0.507. The quantitative estimate of drug-likeness (QED) is 0.774. The molecule has 0 bridgehead atoms. The third-order valence-corrected chi connectivity index (χ3v) is 4.24. The van der Waals surface area contributed by atoms with Crippen molar-refractivity contribution in [3.8, 4) is 17.6 Å². The van der Waals surface area contributed by atoms with Crippen molar-refractivity contribution in [1.82, 2.24) is 9.78 Å². The van der Waals surface area contributed by atoms with Gasteiger partial charge in [0.15, 0.2) is 11.5 Å². The molecular formula is C17H16ClN3O5. The van der Waals surface area contributed by atoms with Gasteiger partial charge < -0.3 is 14.2 Å². The number of aryl methyl sites for hydroxylation is 1. The molecule has 1 aliphatic rings. The Morgan fingerprint density at radius 3 is 2.85 bits per heavy atom. The lowest BCUT2D eigenvalue weighted by molar-refractivity contribution is 0.0517. The highest BCUT2D eigenvalue weighted by Gasteiger charge is 2.24. The number of hydrogen-bond acceptors (Lipinski definition) is 6. The first-order valence-corrected chi connectivity index (χ1v) is 8.36. The van der Waals surface area contributed by atoms with Gasteiger partial charge in [0.2, 0.25) is 6.79 Å². The van der Waals surface area contributed by atoms with Gasteiger partial charge >= 0.3 is 5.97 Å². The summed E-state index contributed by atoms with van der Waals surface area (Å²) in [4.78, 5) is 24.9. The Bertz CT molecular complexity index is 941. The zero-order valence-corrected chi connectivity index (χ0v) is 14.8. The summed E-state index contributed by atoms with van der Waals surface area (Å²) >= 11 is 6.28. The number of ether oxygens (including phenoxy) is 3. The lowest BCUT2D eigenvalue weighted by Gasteiger charge is -2.06. The van der Waals surface area contributed by atoms with Crippen molar-refractivity contribution in [1.29, 1.82) is 5.26 Å². The van der Waals surface area contributed by atoms with Crippen LogP contribution in [0.2, 0.25) is 5.02 Å². The maximum Gasteiger partial charge on any atom is 0.356 e. The summed E-state index contributed by atoms with van der Waals surface area (Å²) in [6.07, 6.45) is 0.241. The van der Waals surface area contributed by atoms with Gasteiger partial charge in [-0.05, 0) is 18.6 Å². The average Bonchev–Trinajstić information content (AvgIpc) is 3.18. The molecule has 136 valence electrons. The first-order chi connectivity index (χ1) is 12.5. The molecule has 0 radical (unpaired) electrons. The predicted molar refractivity (Wildman–Crippen MR) is 91.6 cm³/mol. The summed E-state index contributed by atoms with van der Waals surface area (Å²) in [6.45, 7) is 2.11. The van der Waals surface area contributed by atoms with Crippen LogP contribution in [0.15, 0.2) is 16.9 Å². The van der Waals surface area contributed by atoms with Crippen LogP contribution in [-0.4, -0.2) is 29.1 Å². The molecule has 0 spiro atoms. The summed E-state index contributed by atoms with van der Waals surface area (Å²) in [5.74, 6) is 0.430. The van der Waals surface area contributed by atoms with Crippen LogP contribution in [0.4, 0.5) is 0 Å². The SMILES string of the molecule is CCOC(=O)c1[nH]n(CCC#N)c(=O)c1Cc1cc2c(cc1Cl)OCO2. The topological polar surface area (TPSA) is 106 Å². The largest absolute Gasteiger partial charge is 0.461 e. The molecule has 0 amide bonds. The molecule has 2 heterocycles. The number of aromatic nitrogens is 2. The lowest BCUT2D eigenvalue weighted by atomic mass is 10.0. The third-order valence-electron chi connectivity index (χ3n) is 3.89. The van der Waals surface area contributed by atoms with Gasteiger partial charge in [0.1, 0.15) is 5.69 Å². The molecule has 0 fully saturated rings. The second kappa shape index (κ2) is 7.54. The Hall–Kier alpha value is -2.92. The molecule has 0 aliphatic carbocycles. The number of nitriles is 1. The molecule has 0 saturated heterocycles. The van der Waals surface area contributed by atoms with E-state index < -0.39 is 11.5 Å². The smallest absolute Gasteiger partial charge is 0.356 e. The van der Waals surface area contributed by atoms with Crippen LogP contribution in [0.3, 0.4) is 0 Å². The average molecular weight is 378 g/mol. The fraction of sp³-hybridized carbons (Fsp3) is 0.353. The van der Waals surface area contributed by atoms with Crippen molar-refractivity contribution in [2.24, 2.45) is 0 Å². The highest BCUT2D eigenvalue weighted by atomic mass is 35.5. The van der Waals surface area contributed by atoms with Crippen molar-refractivity contribution in [3.63, 3.8) is 0 Å². The van der Waals surface area contributed by atoms with Crippen molar-refractivity contribution in [3.05, 3.63) is 44.3 Å². The fourth-order valence-electron chi connectivity index (χ4n) is 2.66. The van der Waals surface area contributed by atoms with Crippen LogP contribution in [0.25, 0.3) is 0 Å². The van der Waals surface area contributed by atoms with E-state index in [4.69, 9.17) is 31.1 Å². The van der Waals surface area contributed by atoms with Crippen molar-refractivity contribution in [2.45, 2.75) is 26.3 Å². The van der Waals surface area contributed by atoms with Gasteiger partial charge in [0.05, 0.1) is 31.2 Å². The van der Waals surface area contributed by atoms with Crippen LogP contribution < -0.4 is 15.0 Å². The van der Waals surface area contributed by atoms with E-state index in [0.717, 1.165) is 0 Å².